The first-order valence-corrected chi connectivity index (χ1v) is 3.61. The van der Waals surface area contributed by atoms with Gasteiger partial charge in [0.15, 0.2) is 0 Å². The summed E-state index contributed by atoms with van der Waals surface area (Å²) in [5.74, 6) is 0. The minimum Gasteiger partial charge on any atom is -0.0836 e. The molecule has 1 aromatic carbocycles. The Bertz CT molecular complexity index is 299. The zero-order chi connectivity index (χ0) is 7.68. The number of fused-ring (bicyclic) bond motifs is 1. The molecule has 0 saturated carbocycles. The molecular weight excluding hydrogens is 120 g/mol. The first-order valence-electron chi connectivity index (χ1n) is 4.11. The molecule has 0 heteroatoms. The van der Waals surface area contributed by atoms with Gasteiger partial charge in [0.25, 0.3) is 0 Å². The van der Waals surface area contributed by atoms with Crippen LogP contribution in [0, 0.1) is 0 Å². The standard InChI is InChI=1S/C10H10/c1-2-6-10-8-4-3-7-9(10)5-1/h1-3,5-7H,4,8H2/i3D. The summed E-state index contributed by atoms with van der Waals surface area (Å²) in [4.78, 5) is 0. The van der Waals surface area contributed by atoms with Crippen LogP contribution in [0.2, 0.25) is 0 Å². The lowest BCUT2D eigenvalue weighted by Crippen LogP contribution is -1.91. The van der Waals surface area contributed by atoms with Crippen LogP contribution in [-0.2, 0) is 6.42 Å². The summed E-state index contributed by atoms with van der Waals surface area (Å²) in [5, 5.41) is 0. The Morgan fingerprint density at radius 3 is 3.20 bits per heavy atom. The highest BCUT2D eigenvalue weighted by molar-refractivity contribution is 5.55. The van der Waals surface area contributed by atoms with Crippen molar-refractivity contribution in [2.45, 2.75) is 12.8 Å². The monoisotopic (exact) mass is 131 g/mol. The van der Waals surface area contributed by atoms with Crippen LogP contribution >= 0.6 is 0 Å². The van der Waals surface area contributed by atoms with Crippen LogP contribution < -0.4 is 0 Å². The van der Waals surface area contributed by atoms with Gasteiger partial charge >= 0.3 is 0 Å². The predicted octanol–water partition coefficient (Wildman–Crippen LogP) is 2.65. The summed E-state index contributed by atoms with van der Waals surface area (Å²) in [7, 11) is 0. The molecule has 0 saturated heterocycles. The highest BCUT2D eigenvalue weighted by atomic mass is 14.1. The van der Waals surface area contributed by atoms with Gasteiger partial charge in [-0.2, -0.15) is 0 Å². The second kappa shape index (κ2) is 2.30. The summed E-state index contributed by atoms with van der Waals surface area (Å²) >= 11 is 0. The fourth-order valence-corrected chi connectivity index (χ4v) is 1.29. The molecule has 0 aromatic heterocycles. The normalized spacial score (nSPS) is 17.2. The van der Waals surface area contributed by atoms with E-state index in [-0.39, 0.29) is 0 Å². The molecule has 10 heavy (non-hydrogen) atoms. The van der Waals surface area contributed by atoms with E-state index in [9.17, 15) is 0 Å². The number of hydrogen-bond acceptors (Lipinski definition) is 0. The molecule has 0 nitrogen and oxygen atoms in total. The molecule has 1 aliphatic carbocycles. The van der Waals surface area contributed by atoms with Crippen LogP contribution in [0.1, 0.15) is 18.9 Å². The van der Waals surface area contributed by atoms with E-state index in [1.165, 1.54) is 11.1 Å². The van der Waals surface area contributed by atoms with Crippen molar-refractivity contribution in [2.24, 2.45) is 0 Å². The SMILES string of the molecule is [2H]C1=Cc2ccccc2CC1. The Labute approximate surface area is 62.6 Å². The molecule has 50 valence electrons. The first-order chi connectivity index (χ1) is 5.36. The van der Waals surface area contributed by atoms with Crippen LogP contribution in [0.25, 0.3) is 6.08 Å². The Morgan fingerprint density at radius 2 is 2.20 bits per heavy atom. The van der Waals surface area contributed by atoms with Crippen LogP contribution in [-0.4, -0.2) is 0 Å². The molecule has 0 atom stereocenters. The Morgan fingerprint density at radius 1 is 1.30 bits per heavy atom. The van der Waals surface area contributed by atoms with Crippen molar-refractivity contribution in [3.05, 3.63) is 41.4 Å². The zero-order valence-electron chi connectivity index (χ0n) is 6.80. The molecule has 1 aromatic rings. The molecule has 0 heterocycles. The molecule has 0 radical (unpaired) electrons. The van der Waals surface area contributed by atoms with E-state index in [1.54, 1.807) is 0 Å². The Hall–Kier alpha value is -1.04. The topological polar surface area (TPSA) is 0 Å². The molecule has 0 unspecified atom stereocenters. The third-order valence-corrected chi connectivity index (χ3v) is 1.85. The van der Waals surface area contributed by atoms with Crippen molar-refractivity contribution < 1.29 is 1.37 Å². The largest absolute Gasteiger partial charge is 0.0836 e. The van der Waals surface area contributed by atoms with Gasteiger partial charge < -0.3 is 0 Å². The quantitative estimate of drug-likeness (QED) is 0.507. The van der Waals surface area contributed by atoms with Gasteiger partial charge in [-0.05, 0) is 24.0 Å². The molecule has 0 bridgehead atoms. The maximum absolute atomic E-state index is 7.46. The molecule has 0 aliphatic heterocycles. The first kappa shape index (κ1) is 4.73. The van der Waals surface area contributed by atoms with Crippen LogP contribution in [0.3, 0.4) is 0 Å². The van der Waals surface area contributed by atoms with Gasteiger partial charge in [0, 0.05) is 0 Å². The van der Waals surface area contributed by atoms with E-state index in [2.05, 4.69) is 18.2 Å². The summed E-state index contributed by atoms with van der Waals surface area (Å²) in [5.41, 5.74) is 2.60. The van der Waals surface area contributed by atoms with Crippen LogP contribution in [0.4, 0.5) is 0 Å². The summed E-state index contributed by atoms with van der Waals surface area (Å²) in [6.45, 7) is 0. The maximum Gasteiger partial charge on any atom is 0.0576 e. The number of benzene rings is 1. The third-order valence-electron chi connectivity index (χ3n) is 1.85. The molecule has 0 amide bonds. The number of rotatable bonds is 0. The smallest absolute Gasteiger partial charge is 0.0576 e. The fourth-order valence-electron chi connectivity index (χ4n) is 1.29. The third kappa shape index (κ3) is 0.860. The van der Waals surface area contributed by atoms with E-state index < -0.39 is 0 Å². The molecule has 0 N–H and O–H groups in total. The van der Waals surface area contributed by atoms with Crippen molar-refractivity contribution in [3.8, 4) is 0 Å². The maximum atomic E-state index is 7.46. The number of aryl methyl sites for hydroxylation is 1. The van der Waals surface area contributed by atoms with Gasteiger partial charge in [0.1, 0.15) is 0 Å². The van der Waals surface area contributed by atoms with Crippen molar-refractivity contribution >= 4 is 6.08 Å². The number of hydrogen-bond donors (Lipinski definition) is 0. The van der Waals surface area contributed by atoms with Crippen molar-refractivity contribution in [1.29, 1.82) is 0 Å². The highest BCUT2D eigenvalue weighted by Crippen LogP contribution is 2.17. The molecule has 1 aliphatic rings. The molecular formula is C10H10. The van der Waals surface area contributed by atoms with Gasteiger partial charge in [-0.25, -0.2) is 0 Å². The van der Waals surface area contributed by atoms with Gasteiger partial charge in [0.05, 0.1) is 1.37 Å². The highest BCUT2D eigenvalue weighted by Gasteiger charge is 2.00. The van der Waals surface area contributed by atoms with Gasteiger partial charge in [-0.15, -0.1) is 0 Å². The van der Waals surface area contributed by atoms with E-state index in [1.807, 2.05) is 12.1 Å². The van der Waals surface area contributed by atoms with E-state index in [4.69, 9.17) is 1.37 Å². The minimum absolute atomic E-state index is 0.753. The lowest BCUT2D eigenvalue weighted by Gasteiger charge is -2.07. The van der Waals surface area contributed by atoms with Crippen LogP contribution in [0.5, 0.6) is 0 Å². The summed E-state index contributed by atoms with van der Waals surface area (Å²) < 4.78 is 7.46. The van der Waals surface area contributed by atoms with Crippen molar-refractivity contribution in [3.63, 3.8) is 0 Å². The van der Waals surface area contributed by atoms with E-state index >= 15 is 0 Å². The molecule has 2 rings (SSSR count). The second-order valence-corrected chi connectivity index (χ2v) is 2.55. The summed E-state index contributed by atoms with van der Waals surface area (Å²) in [6, 6.07) is 9.04. The average Bonchev–Trinajstić information content (AvgIpc) is 2.04. The Kier molecular flexibility index (Phi) is 1.09. The predicted molar refractivity (Wildman–Crippen MR) is 43.8 cm³/mol. The van der Waals surface area contributed by atoms with E-state index in [0.717, 1.165) is 18.9 Å². The van der Waals surface area contributed by atoms with Gasteiger partial charge in [0.2, 0.25) is 0 Å². The van der Waals surface area contributed by atoms with Crippen molar-refractivity contribution in [2.75, 3.05) is 0 Å². The fraction of sp³-hybridized carbons (Fsp3) is 0.200. The van der Waals surface area contributed by atoms with E-state index in [0.29, 0.717) is 0 Å². The lowest BCUT2D eigenvalue weighted by atomic mass is 9.98. The minimum atomic E-state index is 0.753. The van der Waals surface area contributed by atoms with Gasteiger partial charge in [-0.1, -0.05) is 36.4 Å². The number of allylic oxidation sites excluding steroid dienone is 1. The Balaban J connectivity index is 2.51. The molecule has 0 fully saturated rings. The lowest BCUT2D eigenvalue weighted by molar-refractivity contribution is 0.986. The second-order valence-electron chi connectivity index (χ2n) is 2.55. The average molecular weight is 131 g/mol. The van der Waals surface area contributed by atoms with Crippen LogP contribution in [0.15, 0.2) is 30.3 Å². The van der Waals surface area contributed by atoms with Crippen molar-refractivity contribution in [1.82, 2.24) is 0 Å². The summed E-state index contributed by atoms with van der Waals surface area (Å²) in [6.07, 6.45) is 3.89. The van der Waals surface area contributed by atoms with Gasteiger partial charge in [-0.3, -0.25) is 0 Å². The zero-order valence-corrected chi connectivity index (χ0v) is 5.80. The molecule has 0 spiro atoms.